The molecule has 2 aromatic heterocycles. The molecule has 0 spiro atoms. The molecule has 0 saturated heterocycles. The Labute approximate surface area is 153 Å². The molecule has 0 aromatic carbocycles. The Bertz CT molecular complexity index is 799. The van der Waals surface area contributed by atoms with Crippen molar-refractivity contribution in [2.45, 2.75) is 46.2 Å². The maximum atomic E-state index is 12.6. The van der Waals surface area contributed by atoms with Gasteiger partial charge in [-0.1, -0.05) is 6.92 Å². The summed E-state index contributed by atoms with van der Waals surface area (Å²) in [6.07, 6.45) is 6.04. The van der Waals surface area contributed by atoms with Crippen molar-refractivity contribution >= 4 is 11.8 Å². The van der Waals surface area contributed by atoms with Gasteiger partial charge < -0.3 is 10.6 Å². The zero-order valence-corrected chi connectivity index (χ0v) is 15.3. The number of rotatable bonds is 6. The first-order valence-electron chi connectivity index (χ1n) is 9.08. The van der Waals surface area contributed by atoms with E-state index in [0.717, 1.165) is 37.2 Å². The van der Waals surface area contributed by atoms with E-state index in [1.54, 1.807) is 12.4 Å². The molecule has 0 fully saturated rings. The molecule has 1 unspecified atom stereocenters. The molecule has 0 aliphatic carbocycles. The van der Waals surface area contributed by atoms with Crippen molar-refractivity contribution in [3.63, 3.8) is 0 Å². The third kappa shape index (κ3) is 4.28. The van der Waals surface area contributed by atoms with Crippen LogP contribution < -0.4 is 10.6 Å². The third-order valence-electron chi connectivity index (χ3n) is 4.78. The van der Waals surface area contributed by atoms with Gasteiger partial charge in [0.1, 0.15) is 0 Å². The van der Waals surface area contributed by atoms with Crippen molar-refractivity contribution in [2.24, 2.45) is 5.92 Å². The number of hydrogen-bond donors (Lipinski definition) is 2. The number of carbonyl (C=O) groups excluding carboxylic acids is 2. The van der Waals surface area contributed by atoms with Gasteiger partial charge in [-0.15, -0.1) is 0 Å². The van der Waals surface area contributed by atoms with Crippen molar-refractivity contribution in [3.05, 3.63) is 47.0 Å². The predicted molar refractivity (Wildman–Crippen MR) is 97.5 cm³/mol. The van der Waals surface area contributed by atoms with Crippen molar-refractivity contribution in [1.82, 2.24) is 25.4 Å². The Balaban J connectivity index is 1.64. The van der Waals surface area contributed by atoms with Crippen LogP contribution in [0.4, 0.5) is 0 Å². The molecular formula is C19H25N5O2. The molecule has 2 amide bonds. The van der Waals surface area contributed by atoms with Gasteiger partial charge in [0, 0.05) is 26.2 Å². The minimum Gasteiger partial charge on any atom is -0.356 e. The normalized spacial score (nSPS) is 16.0. The number of nitrogens with zero attached hydrogens (tertiary/aromatic N) is 3. The number of aryl methyl sites for hydroxylation is 2. The van der Waals surface area contributed by atoms with Crippen LogP contribution in [0.2, 0.25) is 0 Å². The molecule has 3 rings (SSSR count). The Kier molecular flexibility index (Phi) is 5.65. The topological polar surface area (TPSA) is 88.9 Å². The van der Waals surface area contributed by atoms with Crippen LogP contribution in [-0.2, 0) is 30.7 Å². The van der Waals surface area contributed by atoms with Gasteiger partial charge in [0.2, 0.25) is 5.91 Å². The lowest BCUT2D eigenvalue weighted by Gasteiger charge is -2.24. The van der Waals surface area contributed by atoms with Gasteiger partial charge in [-0.25, -0.2) is 0 Å². The minimum atomic E-state index is -0.130. The second-order valence-corrected chi connectivity index (χ2v) is 6.72. The first kappa shape index (κ1) is 18.1. The van der Waals surface area contributed by atoms with Gasteiger partial charge in [-0.3, -0.25) is 19.3 Å². The number of pyridine rings is 1. The first-order chi connectivity index (χ1) is 12.6. The van der Waals surface area contributed by atoms with E-state index in [0.29, 0.717) is 24.6 Å². The second kappa shape index (κ2) is 8.12. The standard InChI is InChI=1S/C19H25N5O2/c1-3-14-4-6-20-16(8-14)11-22-19(26)17-12-23-24-7-5-15(9-18(17)24)10-21-13(2)25/h4,6,8,12,15H,3,5,7,9-11H2,1-2H3,(H,21,25)(H,22,26). The Hall–Kier alpha value is -2.70. The molecule has 1 aliphatic rings. The number of carbonyl (C=O) groups is 2. The molecule has 7 nitrogen and oxygen atoms in total. The van der Waals surface area contributed by atoms with E-state index >= 15 is 0 Å². The van der Waals surface area contributed by atoms with E-state index in [2.05, 4.69) is 27.6 Å². The molecule has 3 heterocycles. The highest BCUT2D eigenvalue weighted by atomic mass is 16.2. The monoisotopic (exact) mass is 355 g/mol. The quantitative estimate of drug-likeness (QED) is 0.821. The molecule has 138 valence electrons. The van der Waals surface area contributed by atoms with Gasteiger partial charge in [-0.05, 0) is 42.9 Å². The van der Waals surface area contributed by atoms with E-state index in [4.69, 9.17) is 0 Å². The van der Waals surface area contributed by atoms with Crippen molar-refractivity contribution in [1.29, 1.82) is 0 Å². The summed E-state index contributed by atoms with van der Waals surface area (Å²) in [6, 6.07) is 3.99. The predicted octanol–water partition coefficient (Wildman–Crippen LogP) is 1.47. The summed E-state index contributed by atoms with van der Waals surface area (Å²) in [5.41, 5.74) is 3.61. The highest BCUT2D eigenvalue weighted by Crippen LogP contribution is 2.22. The first-order valence-corrected chi connectivity index (χ1v) is 9.08. The van der Waals surface area contributed by atoms with Crippen LogP contribution in [0.15, 0.2) is 24.5 Å². The molecule has 0 bridgehead atoms. The van der Waals surface area contributed by atoms with Crippen LogP contribution in [0.3, 0.4) is 0 Å². The van der Waals surface area contributed by atoms with Gasteiger partial charge in [0.15, 0.2) is 0 Å². The number of aromatic nitrogens is 3. The number of fused-ring (bicyclic) bond motifs is 1. The van der Waals surface area contributed by atoms with Crippen molar-refractivity contribution in [2.75, 3.05) is 6.54 Å². The summed E-state index contributed by atoms with van der Waals surface area (Å²) in [4.78, 5) is 28.0. The lowest BCUT2D eigenvalue weighted by molar-refractivity contribution is -0.119. The molecule has 1 atom stereocenters. The van der Waals surface area contributed by atoms with Gasteiger partial charge in [-0.2, -0.15) is 5.10 Å². The fourth-order valence-electron chi connectivity index (χ4n) is 3.26. The lowest BCUT2D eigenvalue weighted by Crippen LogP contribution is -2.33. The summed E-state index contributed by atoms with van der Waals surface area (Å²) in [5, 5.41) is 10.2. The SMILES string of the molecule is CCc1ccnc(CNC(=O)c2cnn3c2CC(CNC(C)=O)CC3)c1. The fraction of sp³-hybridized carbons (Fsp3) is 0.474. The third-order valence-corrected chi connectivity index (χ3v) is 4.78. The smallest absolute Gasteiger partial charge is 0.255 e. The van der Waals surface area contributed by atoms with Crippen molar-refractivity contribution < 1.29 is 9.59 Å². The zero-order valence-electron chi connectivity index (χ0n) is 15.3. The number of amides is 2. The van der Waals surface area contributed by atoms with E-state index in [1.165, 1.54) is 12.5 Å². The largest absolute Gasteiger partial charge is 0.356 e. The van der Waals surface area contributed by atoms with Crippen LogP contribution in [0.25, 0.3) is 0 Å². The molecule has 0 saturated carbocycles. The summed E-state index contributed by atoms with van der Waals surface area (Å²) < 4.78 is 1.90. The summed E-state index contributed by atoms with van der Waals surface area (Å²) in [6.45, 7) is 5.41. The molecule has 0 radical (unpaired) electrons. The van der Waals surface area contributed by atoms with E-state index in [9.17, 15) is 9.59 Å². The lowest BCUT2D eigenvalue weighted by atomic mass is 9.94. The van der Waals surface area contributed by atoms with Gasteiger partial charge >= 0.3 is 0 Å². The van der Waals surface area contributed by atoms with Crippen LogP contribution in [0.5, 0.6) is 0 Å². The molecule has 2 N–H and O–H groups in total. The van der Waals surface area contributed by atoms with E-state index in [-0.39, 0.29) is 11.8 Å². The molecule has 2 aromatic rings. The van der Waals surface area contributed by atoms with Crippen LogP contribution in [0, 0.1) is 5.92 Å². The van der Waals surface area contributed by atoms with Gasteiger partial charge in [0.25, 0.3) is 5.91 Å². The zero-order chi connectivity index (χ0) is 18.5. The van der Waals surface area contributed by atoms with Crippen LogP contribution in [-0.4, -0.2) is 33.1 Å². The van der Waals surface area contributed by atoms with Crippen molar-refractivity contribution in [3.8, 4) is 0 Å². The maximum absolute atomic E-state index is 12.6. The summed E-state index contributed by atoms with van der Waals surface area (Å²) >= 11 is 0. The number of nitrogens with one attached hydrogen (secondary N) is 2. The van der Waals surface area contributed by atoms with E-state index < -0.39 is 0 Å². The summed E-state index contributed by atoms with van der Waals surface area (Å²) in [7, 11) is 0. The van der Waals surface area contributed by atoms with Crippen LogP contribution in [0.1, 0.15) is 47.6 Å². The minimum absolute atomic E-state index is 0.0242. The molecular weight excluding hydrogens is 330 g/mol. The Morgan fingerprint density at radius 3 is 2.96 bits per heavy atom. The Morgan fingerprint density at radius 2 is 2.19 bits per heavy atom. The van der Waals surface area contributed by atoms with Crippen LogP contribution >= 0.6 is 0 Å². The second-order valence-electron chi connectivity index (χ2n) is 6.72. The molecule has 1 aliphatic heterocycles. The fourth-order valence-corrected chi connectivity index (χ4v) is 3.26. The average Bonchev–Trinajstić information content (AvgIpc) is 3.08. The number of hydrogen-bond acceptors (Lipinski definition) is 4. The molecule has 26 heavy (non-hydrogen) atoms. The molecule has 7 heteroatoms. The van der Waals surface area contributed by atoms with Gasteiger partial charge in [0.05, 0.1) is 29.7 Å². The Morgan fingerprint density at radius 1 is 1.35 bits per heavy atom. The van der Waals surface area contributed by atoms with E-state index in [1.807, 2.05) is 16.8 Å². The summed E-state index contributed by atoms with van der Waals surface area (Å²) in [5.74, 6) is 0.177. The highest BCUT2D eigenvalue weighted by molar-refractivity contribution is 5.95. The maximum Gasteiger partial charge on any atom is 0.255 e. The average molecular weight is 355 g/mol. The highest BCUT2D eigenvalue weighted by Gasteiger charge is 2.25.